The fourth-order valence-electron chi connectivity index (χ4n) is 1.31. The molecule has 0 aliphatic heterocycles. The van der Waals surface area contributed by atoms with Crippen molar-refractivity contribution in [2.45, 2.75) is 12.5 Å². The summed E-state index contributed by atoms with van der Waals surface area (Å²) in [5.74, 6) is 0. The average molecular weight is 210 g/mol. The van der Waals surface area contributed by atoms with Crippen LogP contribution in [0.15, 0.2) is 30.3 Å². The van der Waals surface area contributed by atoms with Crippen molar-refractivity contribution in [3.8, 4) is 0 Å². The van der Waals surface area contributed by atoms with Gasteiger partial charge < -0.3 is 14.6 Å². The Balaban J connectivity index is 2.67. The minimum atomic E-state index is -1.26. The second kappa shape index (κ2) is 6.03. The zero-order valence-corrected chi connectivity index (χ0v) is 8.55. The molecule has 4 heteroatoms. The predicted molar refractivity (Wildman–Crippen MR) is 54.8 cm³/mol. The van der Waals surface area contributed by atoms with Crippen molar-refractivity contribution in [2.24, 2.45) is 0 Å². The molecule has 15 heavy (non-hydrogen) atoms. The fourth-order valence-corrected chi connectivity index (χ4v) is 1.31. The monoisotopic (exact) mass is 210 g/mol. The molecular formula is C11H14O4. The molecule has 1 aromatic carbocycles. The van der Waals surface area contributed by atoms with Gasteiger partial charge in [0.05, 0.1) is 6.61 Å². The van der Waals surface area contributed by atoms with Crippen molar-refractivity contribution in [3.05, 3.63) is 35.9 Å². The van der Waals surface area contributed by atoms with Gasteiger partial charge in [-0.1, -0.05) is 30.3 Å². The standard InChI is InChI=1S/C11H14O4/c1-14-8-7-10(15-11(12)13)9-5-3-2-4-6-9/h2-6,10H,7-8H2,1H3,(H,12,13). The molecule has 4 nitrogen and oxygen atoms in total. The third-order valence-electron chi connectivity index (χ3n) is 2.00. The molecule has 1 rings (SSSR count). The van der Waals surface area contributed by atoms with Gasteiger partial charge in [-0.05, 0) is 5.56 Å². The molecular weight excluding hydrogens is 196 g/mol. The maximum atomic E-state index is 10.5. The quantitative estimate of drug-likeness (QED) is 0.758. The normalized spacial score (nSPS) is 12.1. The number of benzene rings is 1. The summed E-state index contributed by atoms with van der Waals surface area (Å²) in [6, 6.07) is 9.24. The minimum Gasteiger partial charge on any atom is -0.450 e. The highest BCUT2D eigenvalue weighted by Gasteiger charge is 2.15. The zero-order chi connectivity index (χ0) is 11.1. The van der Waals surface area contributed by atoms with Gasteiger partial charge in [0.15, 0.2) is 0 Å². The molecule has 1 aromatic rings. The Hall–Kier alpha value is -1.55. The van der Waals surface area contributed by atoms with Gasteiger partial charge in [0.25, 0.3) is 0 Å². The van der Waals surface area contributed by atoms with Crippen LogP contribution in [-0.4, -0.2) is 25.0 Å². The summed E-state index contributed by atoms with van der Waals surface area (Å²) in [6.07, 6.45) is -1.20. The van der Waals surface area contributed by atoms with E-state index in [1.54, 1.807) is 7.11 Å². The molecule has 82 valence electrons. The van der Waals surface area contributed by atoms with Crippen molar-refractivity contribution in [1.82, 2.24) is 0 Å². The summed E-state index contributed by atoms with van der Waals surface area (Å²) < 4.78 is 9.68. The molecule has 0 heterocycles. The van der Waals surface area contributed by atoms with Crippen LogP contribution in [0.3, 0.4) is 0 Å². The van der Waals surface area contributed by atoms with Crippen molar-refractivity contribution < 1.29 is 19.4 Å². The largest absolute Gasteiger partial charge is 0.506 e. The third-order valence-corrected chi connectivity index (χ3v) is 2.00. The van der Waals surface area contributed by atoms with Gasteiger partial charge in [0.2, 0.25) is 0 Å². The van der Waals surface area contributed by atoms with E-state index in [4.69, 9.17) is 14.6 Å². The van der Waals surface area contributed by atoms with E-state index in [-0.39, 0.29) is 0 Å². The molecule has 0 saturated heterocycles. The van der Waals surface area contributed by atoms with Gasteiger partial charge in [-0.3, -0.25) is 0 Å². The number of carboxylic acid groups (broad SMARTS) is 1. The molecule has 0 saturated carbocycles. The molecule has 0 aliphatic rings. The molecule has 0 aliphatic carbocycles. The number of hydrogen-bond donors (Lipinski definition) is 1. The first kappa shape index (κ1) is 11.5. The lowest BCUT2D eigenvalue weighted by Crippen LogP contribution is -2.11. The Morgan fingerprint density at radius 1 is 1.40 bits per heavy atom. The Kier molecular flexibility index (Phi) is 4.63. The van der Waals surface area contributed by atoms with Gasteiger partial charge in [-0.2, -0.15) is 0 Å². The van der Waals surface area contributed by atoms with Crippen LogP contribution in [0, 0.1) is 0 Å². The zero-order valence-electron chi connectivity index (χ0n) is 8.55. The smallest absolute Gasteiger partial charge is 0.450 e. The molecule has 1 N–H and O–H groups in total. The van der Waals surface area contributed by atoms with Crippen LogP contribution in [0.1, 0.15) is 18.1 Å². The van der Waals surface area contributed by atoms with Crippen LogP contribution in [0.25, 0.3) is 0 Å². The van der Waals surface area contributed by atoms with Gasteiger partial charge in [0.1, 0.15) is 6.10 Å². The van der Waals surface area contributed by atoms with Gasteiger partial charge in [-0.15, -0.1) is 0 Å². The Labute approximate surface area is 88.4 Å². The fraction of sp³-hybridized carbons (Fsp3) is 0.364. The average Bonchev–Trinajstić information content (AvgIpc) is 2.25. The number of hydrogen-bond acceptors (Lipinski definition) is 3. The predicted octanol–water partition coefficient (Wildman–Crippen LogP) is 2.46. The molecule has 1 atom stereocenters. The topological polar surface area (TPSA) is 55.8 Å². The lowest BCUT2D eigenvalue weighted by atomic mass is 10.1. The van der Waals surface area contributed by atoms with E-state index in [9.17, 15) is 4.79 Å². The highest BCUT2D eigenvalue weighted by molar-refractivity contribution is 5.57. The van der Waals surface area contributed by atoms with E-state index in [1.165, 1.54) is 0 Å². The second-order valence-electron chi connectivity index (χ2n) is 3.06. The summed E-state index contributed by atoms with van der Waals surface area (Å²) in [7, 11) is 1.57. The summed E-state index contributed by atoms with van der Waals surface area (Å²) in [6.45, 7) is 0.465. The van der Waals surface area contributed by atoms with E-state index in [1.807, 2.05) is 30.3 Å². The third kappa shape index (κ3) is 3.99. The first-order chi connectivity index (χ1) is 7.24. The SMILES string of the molecule is COCCC(OC(=O)O)c1ccccc1. The lowest BCUT2D eigenvalue weighted by molar-refractivity contribution is 0.0353. The van der Waals surface area contributed by atoms with Crippen molar-refractivity contribution in [1.29, 1.82) is 0 Å². The van der Waals surface area contributed by atoms with E-state index in [2.05, 4.69) is 0 Å². The summed E-state index contributed by atoms with van der Waals surface area (Å²) >= 11 is 0. The number of carbonyl (C=O) groups is 1. The van der Waals surface area contributed by atoms with Crippen LogP contribution in [0.2, 0.25) is 0 Å². The van der Waals surface area contributed by atoms with Crippen molar-refractivity contribution in [3.63, 3.8) is 0 Å². The van der Waals surface area contributed by atoms with Crippen LogP contribution in [0.5, 0.6) is 0 Å². The van der Waals surface area contributed by atoms with E-state index in [0.29, 0.717) is 13.0 Å². The molecule has 0 fully saturated rings. The number of methoxy groups -OCH3 is 1. The maximum absolute atomic E-state index is 10.5. The van der Waals surface area contributed by atoms with Crippen LogP contribution >= 0.6 is 0 Å². The molecule has 0 aromatic heterocycles. The highest BCUT2D eigenvalue weighted by Crippen LogP contribution is 2.20. The van der Waals surface area contributed by atoms with E-state index in [0.717, 1.165) is 5.56 Å². The minimum absolute atomic E-state index is 0.455. The first-order valence-corrected chi connectivity index (χ1v) is 4.67. The number of ether oxygens (including phenoxy) is 2. The molecule has 0 spiro atoms. The van der Waals surface area contributed by atoms with E-state index < -0.39 is 12.3 Å². The van der Waals surface area contributed by atoms with Crippen LogP contribution < -0.4 is 0 Å². The second-order valence-corrected chi connectivity index (χ2v) is 3.06. The Morgan fingerprint density at radius 3 is 2.60 bits per heavy atom. The molecule has 0 bridgehead atoms. The number of rotatable bonds is 5. The highest BCUT2D eigenvalue weighted by atomic mass is 16.7. The molecule has 1 unspecified atom stereocenters. The Morgan fingerprint density at radius 2 is 2.07 bits per heavy atom. The van der Waals surface area contributed by atoms with Gasteiger partial charge in [0, 0.05) is 13.5 Å². The lowest BCUT2D eigenvalue weighted by Gasteiger charge is -2.15. The Bertz CT molecular complexity index is 297. The molecule has 0 radical (unpaired) electrons. The van der Waals surface area contributed by atoms with E-state index >= 15 is 0 Å². The van der Waals surface area contributed by atoms with Crippen molar-refractivity contribution >= 4 is 6.16 Å². The van der Waals surface area contributed by atoms with Crippen LogP contribution in [-0.2, 0) is 9.47 Å². The summed E-state index contributed by atoms with van der Waals surface area (Å²) in [5.41, 5.74) is 0.844. The van der Waals surface area contributed by atoms with Gasteiger partial charge in [-0.25, -0.2) is 4.79 Å². The van der Waals surface area contributed by atoms with Crippen molar-refractivity contribution in [2.75, 3.05) is 13.7 Å². The molecule has 0 amide bonds. The summed E-state index contributed by atoms with van der Waals surface area (Å²) in [5, 5.41) is 8.58. The van der Waals surface area contributed by atoms with Crippen LogP contribution in [0.4, 0.5) is 4.79 Å². The first-order valence-electron chi connectivity index (χ1n) is 4.67. The van der Waals surface area contributed by atoms with Gasteiger partial charge >= 0.3 is 6.16 Å². The maximum Gasteiger partial charge on any atom is 0.506 e. The summed E-state index contributed by atoms with van der Waals surface area (Å²) in [4.78, 5) is 10.5.